The Bertz CT molecular complexity index is 393. The molecule has 0 spiro atoms. The Hall–Kier alpha value is -2.09. The molecule has 0 aliphatic carbocycles. The molecular formula is C9H9N3O2. The van der Waals surface area contributed by atoms with Crippen molar-refractivity contribution in [2.24, 2.45) is 0 Å². The van der Waals surface area contributed by atoms with E-state index in [4.69, 9.17) is 5.11 Å². The predicted octanol–water partition coefficient (Wildman–Crippen LogP) is 0.610. The molecule has 1 aromatic heterocycles. The highest BCUT2D eigenvalue weighted by Gasteiger charge is 2.04. The Morgan fingerprint density at radius 3 is 3.07 bits per heavy atom. The summed E-state index contributed by atoms with van der Waals surface area (Å²) in [5.41, 5.74) is -0.0838. The Morgan fingerprint density at radius 1 is 1.64 bits per heavy atom. The third-order valence-electron chi connectivity index (χ3n) is 1.39. The molecule has 0 amide bonds. The normalized spacial score (nSPS) is 8.64. The number of rotatable bonds is 3. The quantitative estimate of drug-likeness (QED) is 0.684. The van der Waals surface area contributed by atoms with Crippen molar-refractivity contribution in [1.82, 2.24) is 9.97 Å². The molecule has 0 fully saturated rings. The highest BCUT2D eigenvalue weighted by molar-refractivity contribution is 5.85. The molecule has 72 valence electrons. The number of nitrogens with one attached hydrogen (secondary N) is 1. The number of anilines is 1. The summed E-state index contributed by atoms with van der Waals surface area (Å²) in [7, 11) is 0. The van der Waals surface area contributed by atoms with E-state index in [1.165, 1.54) is 12.4 Å². The third kappa shape index (κ3) is 2.75. The third-order valence-corrected chi connectivity index (χ3v) is 1.39. The number of carbonyl (C=O) groups is 1. The van der Waals surface area contributed by atoms with Crippen molar-refractivity contribution >= 4 is 11.8 Å². The van der Waals surface area contributed by atoms with E-state index in [-0.39, 0.29) is 5.69 Å². The van der Waals surface area contributed by atoms with Gasteiger partial charge in [-0.3, -0.25) is 4.98 Å². The molecule has 0 aliphatic heterocycles. The van der Waals surface area contributed by atoms with Crippen molar-refractivity contribution in [1.29, 1.82) is 0 Å². The van der Waals surface area contributed by atoms with Gasteiger partial charge in [0.15, 0.2) is 5.69 Å². The molecule has 0 aromatic carbocycles. The van der Waals surface area contributed by atoms with Gasteiger partial charge in [0.05, 0.1) is 18.9 Å². The molecule has 5 heteroatoms. The first kappa shape index (κ1) is 9.99. The molecule has 5 nitrogen and oxygen atoms in total. The number of aromatic nitrogens is 2. The Balaban J connectivity index is 2.71. The Labute approximate surface area is 81.2 Å². The Morgan fingerprint density at radius 2 is 2.43 bits per heavy atom. The van der Waals surface area contributed by atoms with E-state index in [2.05, 4.69) is 27.1 Å². The van der Waals surface area contributed by atoms with Crippen molar-refractivity contribution in [3.8, 4) is 11.8 Å². The molecule has 14 heavy (non-hydrogen) atoms. The van der Waals surface area contributed by atoms with Crippen LogP contribution in [0.2, 0.25) is 0 Å². The average Bonchev–Trinajstić information content (AvgIpc) is 2.19. The standard InChI is InChI=1S/C9H9N3O2/c1-2-3-4-11-8-6-10-5-7(12-8)9(13)14/h5-6H,4H2,1H3,(H,11,12)(H,13,14). The molecule has 1 aromatic rings. The number of nitrogens with zero attached hydrogens (tertiary/aromatic N) is 2. The fraction of sp³-hybridized carbons (Fsp3) is 0.222. The largest absolute Gasteiger partial charge is 0.476 e. The van der Waals surface area contributed by atoms with E-state index < -0.39 is 5.97 Å². The predicted molar refractivity (Wildman–Crippen MR) is 50.9 cm³/mol. The molecule has 1 rings (SSSR count). The second-order valence-electron chi connectivity index (χ2n) is 2.38. The van der Waals surface area contributed by atoms with E-state index >= 15 is 0 Å². The molecule has 0 saturated carbocycles. The van der Waals surface area contributed by atoms with Gasteiger partial charge in [0, 0.05) is 0 Å². The Kier molecular flexibility index (Phi) is 3.44. The van der Waals surface area contributed by atoms with Crippen molar-refractivity contribution in [2.45, 2.75) is 6.92 Å². The highest BCUT2D eigenvalue weighted by Crippen LogP contribution is 2.00. The summed E-state index contributed by atoms with van der Waals surface area (Å²) in [5, 5.41) is 11.5. The van der Waals surface area contributed by atoms with Gasteiger partial charge < -0.3 is 10.4 Å². The van der Waals surface area contributed by atoms with E-state index in [1.54, 1.807) is 6.92 Å². The summed E-state index contributed by atoms with van der Waals surface area (Å²) in [4.78, 5) is 18.1. The van der Waals surface area contributed by atoms with Crippen LogP contribution in [0.1, 0.15) is 17.4 Å². The van der Waals surface area contributed by atoms with E-state index in [9.17, 15) is 4.79 Å². The smallest absolute Gasteiger partial charge is 0.356 e. The van der Waals surface area contributed by atoms with Crippen LogP contribution < -0.4 is 5.32 Å². The van der Waals surface area contributed by atoms with Gasteiger partial charge in [-0.15, -0.1) is 5.92 Å². The number of aromatic carboxylic acids is 1. The van der Waals surface area contributed by atoms with Crippen molar-refractivity contribution < 1.29 is 9.90 Å². The van der Waals surface area contributed by atoms with Crippen LogP contribution in [0.25, 0.3) is 0 Å². The molecular weight excluding hydrogens is 182 g/mol. The minimum Gasteiger partial charge on any atom is -0.476 e. The van der Waals surface area contributed by atoms with Crippen molar-refractivity contribution in [3.05, 3.63) is 18.1 Å². The minimum atomic E-state index is -1.09. The first-order valence-electron chi connectivity index (χ1n) is 3.93. The number of hydrogen-bond acceptors (Lipinski definition) is 4. The number of carboxylic acid groups (broad SMARTS) is 1. The van der Waals surface area contributed by atoms with Crippen LogP contribution in [-0.2, 0) is 0 Å². The van der Waals surface area contributed by atoms with Crippen molar-refractivity contribution in [3.63, 3.8) is 0 Å². The molecule has 2 N–H and O–H groups in total. The van der Waals surface area contributed by atoms with E-state index in [0.29, 0.717) is 12.4 Å². The van der Waals surface area contributed by atoms with Crippen LogP contribution in [-0.4, -0.2) is 27.6 Å². The fourth-order valence-corrected chi connectivity index (χ4v) is 0.777. The van der Waals surface area contributed by atoms with Gasteiger partial charge in [0.2, 0.25) is 0 Å². The van der Waals surface area contributed by atoms with Crippen molar-refractivity contribution in [2.75, 3.05) is 11.9 Å². The van der Waals surface area contributed by atoms with Gasteiger partial charge in [-0.1, -0.05) is 5.92 Å². The topological polar surface area (TPSA) is 75.1 Å². The fourth-order valence-electron chi connectivity index (χ4n) is 0.777. The van der Waals surface area contributed by atoms with Gasteiger partial charge in [-0.25, -0.2) is 9.78 Å². The van der Waals surface area contributed by atoms with Gasteiger partial charge in [-0.2, -0.15) is 0 Å². The maximum absolute atomic E-state index is 10.5. The van der Waals surface area contributed by atoms with Crippen LogP contribution in [0.5, 0.6) is 0 Å². The molecule has 0 atom stereocenters. The lowest BCUT2D eigenvalue weighted by Gasteiger charge is -2.00. The zero-order valence-electron chi connectivity index (χ0n) is 7.61. The van der Waals surface area contributed by atoms with Crippen LogP contribution in [0.3, 0.4) is 0 Å². The van der Waals surface area contributed by atoms with Gasteiger partial charge in [-0.05, 0) is 6.92 Å². The van der Waals surface area contributed by atoms with Gasteiger partial charge >= 0.3 is 5.97 Å². The summed E-state index contributed by atoms with van der Waals surface area (Å²) >= 11 is 0. The highest BCUT2D eigenvalue weighted by atomic mass is 16.4. The summed E-state index contributed by atoms with van der Waals surface area (Å²) in [5.74, 6) is 4.78. The maximum atomic E-state index is 10.5. The molecule has 1 heterocycles. The number of carboxylic acids is 1. The molecule has 0 bridgehead atoms. The summed E-state index contributed by atoms with van der Waals surface area (Å²) in [6.45, 7) is 2.15. The zero-order chi connectivity index (χ0) is 10.4. The molecule has 0 unspecified atom stereocenters. The van der Waals surface area contributed by atoms with Crippen LogP contribution >= 0.6 is 0 Å². The number of hydrogen-bond donors (Lipinski definition) is 2. The molecule has 0 aliphatic rings. The lowest BCUT2D eigenvalue weighted by atomic mass is 10.4. The SMILES string of the molecule is CC#CCNc1cncc(C(=O)O)n1. The first-order valence-corrected chi connectivity index (χ1v) is 3.93. The van der Waals surface area contributed by atoms with Crippen LogP contribution in [0, 0.1) is 11.8 Å². The lowest BCUT2D eigenvalue weighted by molar-refractivity contribution is 0.0690. The monoisotopic (exact) mass is 191 g/mol. The van der Waals surface area contributed by atoms with Gasteiger partial charge in [0.25, 0.3) is 0 Å². The second-order valence-corrected chi connectivity index (χ2v) is 2.38. The molecule has 0 radical (unpaired) electrons. The van der Waals surface area contributed by atoms with Gasteiger partial charge in [0.1, 0.15) is 5.82 Å². The summed E-state index contributed by atoms with van der Waals surface area (Å²) in [6, 6.07) is 0. The van der Waals surface area contributed by atoms with Crippen LogP contribution in [0.4, 0.5) is 5.82 Å². The molecule has 0 saturated heterocycles. The lowest BCUT2D eigenvalue weighted by Crippen LogP contribution is -2.06. The summed E-state index contributed by atoms with van der Waals surface area (Å²) in [6.07, 6.45) is 2.64. The minimum absolute atomic E-state index is 0.0838. The van der Waals surface area contributed by atoms with Crippen LogP contribution in [0.15, 0.2) is 12.4 Å². The van der Waals surface area contributed by atoms with E-state index in [0.717, 1.165) is 0 Å². The summed E-state index contributed by atoms with van der Waals surface area (Å²) < 4.78 is 0. The average molecular weight is 191 g/mol. The maximum Gasteiger partial charge on any atom is 0.356 e. The first-order chi connectivity index (χ1) is 6.74. The van der Waals surface area contributed by atoms with E-state index in [1.807, 2.05) is 0 Å². The second kappa shape index (κ2) is 4.82. The zero-order valence-corrected chi connectivity index (χ0v) is 7.61.